The van der Waals surface area contributed by atoms with Gasteiger partial charge in [-0.25, -0.2) is 17.6 Å². The van der Waals surface area contributed by atoms with Gasteiger partial charge in [0.2, 0.25) is 5.91 Å². The average Bonchev–Trinajstić information content (AvgIpc) is 2.91. The number of likely N-dealkylation sites (tertiary alicyclic amines) is 1. The predicted octanol–water partition coefficient (Wildman–Crippen LogP) is 9.08. The van der Waals surface area contributed by atoms with Crippen LogP contribution in [0.2, 0.25) is 5.02 Å². The normalized spacial score (nSPS) is 27.2. The van der Waals surface area contributed by atoms with Crippen molar-refractivity contribution in [2.75, 3.05) is 0 Å². The fraction of sp³-hybridized carbons (Fsp3) is 0.323. The van der Waals surface area contributed by atoms with Crippen LogP contribution in [0.3, 0.4) is 0 Å². The third-order valence-electron chi connectivity index (χ3n) is 7.96. The summed E-state index contributed by atoms with van der Waals surface area (Å²) in [7, 11) is 0. The number of rotatable bonds is 6. The third-order valence-corrected chi connectivity index (χ3v) is 8.49. The number of carbonyl (C=O) groups is 1. The number of carbonyl (C=O) groups excluding carboxylic acids is 1. The van der Waals surface area contributed by atoms with Gasteiger partial charge in [0.25, 0.3) is 0 Å². The molecule has 5 rings (SSSR count). The number of hydrogen-bond acceptors (Lipinski definition) is 1. The largest absolute Gasteiger partial charge is 0.328 e. The minimum absolute atomic E-state index is 0.137. The Hall–Kier alpha value is -2.83. The van der Waals surface area contributed by atoms with Gasteiger partial charge in [-0.2, -0.15) is 0 Å². The van der Waals surface area contributed by atoms with Crippen molar-refractivity contribution in [2.45, 2.75) is 50.6 Å². The molecule has 1 fully saturated rings. The van der Waals surface area contributed by atoms with Crippen LogP contribution in [0, 0.1) is 23.0 Å². The number of nitrogens with zero attached hydrogens (tertiary/aromatic N) is 1. The van der Waals surface area contributed by atoms with Crippen LogP contribution in [0.15, 0.2) is 89.5 Å². The van der Waals surface area contributed by atoms with Crippen LogP contribution in [0.5, 0.6) is 0 Å². The maximum atomic E-state index is 14.7. The molecule has 1 heterocycles. The summed E-state index contributed by atoms with van der Waals surface area (Å²) in [6, 6.07) is 10.5. The highest BCUT2D eigenvalue weighted by Crippen LogP contribution is 2.49. The summed E-state index contributed by atoms with van der Waals surface area (Å²) in [6.07, 6.45) is 9.96. The van der Waals surface area contributed by atoms with E-state index in [0.29, 0.717) is 34.9 Å². The molecule has 0 spiro atoms. The van der Waals surface area contributed by atoms with E-state index in [2.05, 4.69) is 0 Å². The minimum Gasteiger partial charge on any atom is -0.328 e. The lowest BCUT2D eigenvalue weighted by Gasteiger charge is -2.50. The zero-order chi connectivity index (χ0) is 27.7. The van der Waals surface area contributed by atoms with Gasteiger partial charge in [0.05, 0.1) is 17.5 Å². The number of piperidine rings is 1. The van der Waals surface area contributed by atoms with E-state index in [1.165, 1.54) is 6.07 Å². The Balaban J connectivity index is 1.55. The summed E-state index contributed by atoms with van der Waals surface area (Å²) in [4.78, 5) is 16.5. The van der Waals surface area contributed by atoms with Gasteiger partial charge >= 0.3 is 0 Å². The van der Waals surface area contributed by atoms with E-state index in [1.807, 2.05) is 29.2 Å². The number of amides is 1. The second-order valence-corrected chi connectivity index (χ2v) is 11.4. The van der Waals surface area contributed by atoms with Crippen molar-refractivity contribution >= 4 is 29.1 Å². The molecule has 2 aromatic carbocycles. The molecule has 1 amide bonds. The lowest BCUT2D eigenvalue weighted by Crippen LogP contribution is -2.55. The van der Waals surface area contributed by atoms with Crippen LogP contribution in [-0.2, 0) is 11.2 Å². The van der Waals surface area contributed by atoms with Crippen molar-refractivity contribution in [3.05, 3.63) is 117 Å². The molecule has 2 aliphatic carbocycles. The summed E-state index contributed by atoms with van der Waals surface area (Å²) in [5, 5.41) is 1.17. The summed E-state index contributed by atoms with van der Waals surface area (Å²) >= 11 is 12.3. The maximum absolute atomic E-state index is 14.7. The molecule has 0 radical (unpaired) electrons. The molecule has 0 aromatic heterocycles. The van der Waals surface area contributed by atoms with Gasteiger partial charge in [0.1, 0.15) is 5.83 Å². The van der Waals surface area contributed by atoms with Crippen molar-refractivity contribution in [3.63, 3.8) is 0 Å². The van der Waals surface area contributed by atoms with Gasteiger partial charge in [-0.15, -0.1) is 0 Å². The van der Waals surface area contributed by atoms with E-state index in [0.717, 1.165) is 23.8 Å². The second kappa shape index (κ2) is 11.3. The molecule has 2 aromatic rings. The van der Waals surface area contributed by atoms with Gasteiger partial charge in [0, 0.05) is 16.5 Å². The van der Waals surface area contributed by atoms with Gasteiger partial charge in [-0.3, -0.25) is 4.79 Å². The Morgan fingerprint density at radius 1 is 0.949 bits per heavy atom. The molecule has 4 unspecified atom stereocenters. The molecular weight excluding hydrogens is 549 g/mol. The first kappa shape index (κ1) is 27.7. The lowest BCUT2D eigenvalue weighted by molar-refractivity contribution is -0.154. The molecule has 1 aliphatic heterocycles. The van der Waals surface area contributed by atoms with Crippen molar-refractivity contribution in [1.82, 2.24) is 4.90 Å². The molecule has 0 saturated carbocycles. The van der Waals surface area contributed by atoms with Crippen molar-refractivity contribution < 1.29 is 22.4 Å². The third kappa shape index (κ3) is 5.87. The molecule has 204 valence electrons. The van der Waals surface area contributed by atoms with Crippen molar-refractivity contribution in [3.8, 4) is 0 Å². The fourth-order valence-corrected chi connectivity index (χ4v) is 6.36. The standard InChI is InChI=1S/C31H27Cl2F4NO/c32-22-5-3-21(4-6-22)29-13-14-31(17-19-1-11-25(34)27(36)15-19,18-20-2-12-26(35)28(37)16-20)30(39)38(29)24-9-7-23(33)8-10-24/h1-9,11-12,15,20,24,29H,10,13-14,16-18H2. The topological polar surface area (TPSA) is 20.3 Å². The quantitative estimate of drug-likeness (QED) is 0.314. The van der Waals surface area contributed by atoms with E-state index >= 15 is 0 Å². The van der Waals surface area contributed by atoms with E-state index in [-0.39, 0.29) is 37.3 Å². The second-order valence-electron chi connectivity index (χ2n) is 10.6. The van der Waals surface area contributed by atoms with Crippen LogP contribution in [0.1, 0.15) is 49.3 Å². The monoisotopic (exact) mass is 575 g/mol. The first-order valence-electron chi connectivity index (χ1n) is 12.9. The van der Waals surface area contributed by atoms with Gasteiger partial charge in [-0.05, 0) is 85.6 Å². The van der Waals surface area contributed by atoms with E-state index < -0.39 is 34.6 Å². The smallest absolute Gasteiger partial charge is 0.230 e. The molecule has 4 atom stereocenters. The van der Waals surface area contributed by atoms with Crippen LogP contribution in [-0.4, -0.2) is 16.8 Å². The van der Waals surface area contributed by atoms with Crippen LogP contribution >= 0.6 is 23.2 Å². The predicted molar refractivity (Wildman–Crippen MR) is 145 cm³/mol. The van der Waals surface area contributed by atoms with E-state index in [9.17, 15) is 22.4 Å². The van der Waals surface area contributed by atoms with Crippen molar-refractivity contribution in [2.24, 2.45) is 11.3 Å². The molecular formula is C31H27Cl2F4NO. The zero-order valence-electron chi connectivity index (χ0n) is 21.0. The van der Waals surface area contributed by atoms with Gasteiger partial charge < -0.3 is 4.90 Å². The first-order chi connectivity index (χ1) is 18.6. The zero-order valence-corrected chi connectivity index (χ0v) is 22.5. The van der Waals surface area contributed by atoms with Crippen LogP contribution in [0.25, 0.3) is 0 Å². The first-order valence-corrected chi connectivity index (χ1v) is 13.7. The van der Waals surface area contributed by atoms with E-state index in [1.54, 1.807) is 24.3 Å². The van der Waals surface area contributed by atoms with Crippen LogP contribution < -0.4 is 0 Å². The molecule has 3 aliphatic rings. The van der Waals surface area contributed by atoms with Gasteiger partial charge in [-0.1, -0.05) is 59.6 Å². The Kier molecular flexibility index (Phi) is 8.06. The highest BCUT2D eigenvalue weighted by molar-refractivity contribution is 6.31. The highest BCUT2D eigenvalue weighted by atomic mass is 35.5. The minimum atomic E-state index is -1.05. The molecule has 1 saturated heterocycles. The maximum Gasteiger partial charge on any atom is 0.230 e. The Morgan fingerprint density at radius 3 is 2.38 bits per heavy atom. The SMILES string of the molecule is O=C1N(C2C=CC(Cl)=CC2)C(c2ccc(Cl)cc2)CCC1(Cc1ccc(F)c(F)c1)CC1C=CC(F)=C(F)C1. The summed E-state index contributed by atoms with van der Waals surface area (Å²) in [6.45, 7) is 0. The molecule has 0 N–H and O–H groups in total. The Labute approximate surface area is 235 Å². The van der Waals surface area contributed by atoms with Crippen molar-refractivity contribution in [1.29, 1.82) is 0 Å². The van der Waals surface area contributed by atoms with E-state index in [4.69, 9.17) is 23.2 Å². The number of halogens is 6. The summed E-state index contributed by atoms with van der Waals surface area (Å²) in [5.74, 6) is -4.31. The fourth-order valence-electron chi connectivity index (χ4n) is 6.07. The van der Waals surface area contributed by atoms with Crippen LogP contribution in [0.4, 0.5) is 17.6 Å². The number of allylic oxidation sites excluding steroid dienone is 6. The lowest BCUT2D eigenvalue weighted by atomic mass is 9.66. The Bertz CT molecular complexity index is 1380. The number of benzene rings is 2. The molecule has 39 heavy (non-hydrogen) atoms. The molecule has 2 nitrogen and oxygen atoms in total. The average molecular weight is 576 g/mol. The summed E-state index contributed by atoms with van der Waals surface area (Å²) in [5.41, 5.74) is 0.350. The highest BCUT2D eigenvalue weighted by Gasteiger charge is 2.50. The number of hydrogen-bond donors (Lipinski definition) is 0. The molecule has 8 heteroatoms. The summed E-state index contributed by atoms with van der Waals surface area (Å²) < 4.78 is 56.0. The molecule has 0 bridgehead atoms. The Morgan fingerprint density at radius 2 is 1.72 bits per heavy atom. The van der Waals surface area contributed by atoms with Gasteiger partial charge in [0.15, 0.2) is 17.5 Å².